The van der Waals surface area contributed by atoms with Crippen LogP contribution in [-0.2, 0) is 14.2 Å². The number of ether oxygens (including phenoxy) is 3. The zero-order chi connectivity index (χ0) is 13.1. The van der Waals surface area contributed by atoms with E-state index in [1.54, 1.807) is 28.3 Å². The Kier molecular flexibility index (Phi) is 9.24. The molecule has 1 aromatic rings. The number of methoxy groups -OCH3 is 3. The molecule has 0 fully saturated rings. The van der Waals surface area contributed by atoms with Crippen LogP contribution in [0.3, 0.4) is 0 Å². The average molecular weight is 240 g/mol. The van der Waals surface area contributed by atoms with E-state index in [-0.39, 0.29) is 12.1 Å². The van der Waals surface area contributed by atoms with Gasteiger partial charge in [0.2, 0.25) is 0 Å². The van der Waals surface area contributed by atoms with Crippen LogP contribution in [0, 0.1) is 0 Å². The normalized spacial score (nSPS) is 9.71. The molecule has 96 valence electrons. The number of carbonyl (C=O) groups is 1. The second kappa shape index (κ2) is 9.96. The summed E-state index contributed by atoms with van der Waals surface area (Å²) >= 11 is 0. The molecule has 4 nitrogen and oxygen atoms in total. The van der Waals surface area contributed by atoms with Crippen molar-refractivity contribution in [1.82, 2.24) is 0 Å². The summed E-state index contributed by atoms with van der Waals surface area (Å²) in [5, 5.41) is 0. The molecular weight excluding hydrogens is 220 g/mol. The minimum Gasteiger partial charge on any atom is -0.379 e. The van der Waals surface area contributed by atoms with E-state index in [2.05, 4.69) is 0 Å². The molecule has 0 saturated carbocycles. The van der Waals surface area contributed by atoms with Crippen molar-refractivity contribution in [3.05, 3.63) is 35.9 Å². The highest BCUT2D eigenvalue weighted by molar-refractivity contribution is 5.93. The van der Waals surface area contributed by atoms with Crippen LogP contribution in [0.1, 0.15) is 17.3 Å². The third-order valence-corrected chi connectivity index (χ3v) is 2.01. The molecule has 0 aliphatic heterocycles. The number of Topliss-reactive ketones (excluding diaryl/α,β-unsaturated/α-hetero) is 1. The Morgan fingerprint density at radius 2 is 1.65 bits per heavy atom. The number of carbonyl (C=O) groups excluding carboxylic acids is 1. The number of hydrogen-bond donors (Lipinski definition) is 0. The van der Waals surface area contributed by atoms with Crippen molar-refractivity contribution < 1.29 is 19.0 Å². The molecule has 0 atom stereocenters. The molecule has 0 aliphatic rings. The maximum absolute atomic E-state index is 10.6. The summed E-state index contributed by atoms with van der Waals surface area (Å²) in [7, 11) is 4.76. The summed E-state index contributed by atoms with van der Waals surface area (Å²) in [5.41, 5.74) is 0.775. The molecule has 0 N–H and O–H groups in total. The van der Waals surface area contributed by atoms with Crippen LogP contribution in [0.25, 0.3) is 0 Å². The van der Waals surface area contributed by atoms with Crippen LogP contribution in [0.15, 0.2) is 30.3 Å². The average Bonchev–Trinajstić information content (AvgIpc) is 2.37. The van der Waals surface area contributed by atoms with Crippen LogP contribution < -0.4 is 0 Å². The van der Waals surface area contributed by atoms with Gasteiger partial charge in [0.05, 0.1) is 6.61 Å². The van der Waals surface area contributed by atoms with Gasteiger partial charge in [-0.1, -0.05) is 30.3 Å². The molecule has 0 bridgehead atoms. The van der Waals surface area contributed by atoms with Gasteiger partial charge in [0.25, 0.3) is 0 Å². The first-order valence-electron chi connectivity index (χ1n) is 5.26. The van der Waals surface area contributed by atoms with Crippen LogP contribution in [0.2, 0.25) is 0 Å². The Hall–Kier alpha value is -1.23. The monoisotopic (exact) mass is 240 g/mol. The number of hydrogen-bond acceptors (Lipinski definition) is 4. The molecule has 0 aromatic heterocycles. The van der Waals surface area contributed by atoms with Crippen LogP contribution in [0.4, 0.5) is 0 Å². The fourth-order valence-electron chi connectivity index (χ4n) is 1.04. The first kappa shape index (κ1) is 15.8. The Labute approximate surface area is 102 Å². The van der Waals surface area contributed by atoms with Gasteiger partial charge in [0.15, 0.2) is 12.1 Å². The van der Waals surface area contributed by atoms with Gasteiger partial charge in [-0.2, -0.15) is 0 Å². The molecule has 0 aliphatic carbocycles. The maximum Gasteiger partial charge on any atom is 0.180 e. The van der Waals surface area contributed by atoms with Gasteiger partial charge in [0.1, 0.15) is 0 Å². The fourth-order valence-corrected chi connectivity index (χ4v) is 1.04. The molecule has 1 aromatic carbocycles. The zero-order valence-corrected chi connectivity index (χ0v) is 10.8. The lowest BCUT2D eigenvalue weighted by atomic mass is 10.2. The fraction of sp³-hybridized carbons (Fsp3) is 0.462. The topological polar surface area (TPSA) is 44.8 Å². The zero-order valence-electron chi connectivity index (χ0n) is 10.8. The summed E-state index contributed by atoms with van der Waals surface area (Å²) < 4.78 is 14.3. The summed E-state index contributed by atoms with van der Waals surface area (Å²) in [6.07, 6.45) is -0.222. The van der Waals surface area contributed by atoms with Gasteiger partial charge in [-0.05, 0) is 6.92 Å². The van der Waals surface area contributed by atoms with E-state index >= 15 is 0 Å². The van der Waals surface area contributed by atoms with Crippen molar-refractivity contribution in [2.24, 2.45) is 0 Å². The number of benzene rings is 1. The molecule has 4 heteroatoms. The molecule has 0 unspecified atom stereocenters. The standard InChI is InChI=1S/C8H8O.C5H12O3/c1-7(9)8-5-3-2-4-6-8;1-6-4-5(7-2)8-3/h2-6H,1H3;5H,4H2,1-3H3. The predicted molar refractivity (Wildman–Crippen MR) is 66.1 cm³/mol. The third-order valence-electron chi connectivity index (χ3n) is 2.01. The SMILES string of the molecule is CC(=O)c1ccccc1.COCC(OC)OC. The van der Waals surface area contributed by atoms with E-state index in [1.807, 2.05) is 30.3 Å². The minimum atomic E-state index is -0.222. The van der Waals surface area contributed by atoms with E-state index in [0.717, 1.165) is 5.56 Å². The van der Waals surface area contributed by atoms with E-state index in [4.69, 9.17) is 14.2 Å². The molecule has 0 saturated heterocycles. The first-order chi connectivity index (χ1) is 8.15. The van der Waals surface area contributed by atoms with Crippen molar-refractivity contribution in [1.29, 1.82) is 0 Å². The van der Waals surface area contributed by atoms with Crippen LogP contribution >= 0.6 is 0 Å². The van der Waals surface area contributed by atoms with Gasteiger partial charge >= 0.3 is 0 Å². The lowest BCUT2D eigenvalue weighted by molar-refractivity contribution is -0.133. The van der Waals surface area contributed by atoms with Crippen molar-refractivity contribution >= 4 is 5.78 Å². The van der Waals surface area contributed by atoms with Gasteiger partial charge in [-0.25, -0.2) is 0 Å². The van der Waals surface area contributed by atoms with E-state index in [9.17, 15) is 4.79 Å². The van der Waals surface area contributed by atoms with Crippen molar-refractivity contribution in [2.75, 3.05) is 27.9 Å². The molecule has 0 radical (unpaired) electrons. The minimum absolute atomic E-state index is 0.121. The first-order valence-corrected chi connectivity index (χ1v) is 5.26. The van der Waals surface area contributed by atoms with Crippen molar-refractivity contribution in [3.63, 3.8) is 0 Å². The smallest absolute Gasteiger partial charge is 0.180 e. The van der Waals surface area contributed by atoms with Crippen molar-refractivity contribution in [2.45, 2.75) is 13.2 Å². The van der Waals surface area contributed by atoms with Crippen LogP contribution in [0.5, 0.6) is 0 Å². The molecular formula is C13H20O4. The lowest BCUT2D eigenvalue weighted by Gasteiger charge is -2.10. The molecule has 1 rings (SSSR count). The quantitative estimate of drug-likeness (QED) is 0.584. The van der Waals surface area contributed by atoms with E-state index in [1.165, 1.54) is 0 Å². The van der Waals surface area contributed by atoms with Gasteiger partial charge in [-0.3, -0.25) is 4.79 Å². The van der Waals surface area contributed by atoms with Gasteiger partial charge < -0.3 is 14.2 Å². The lowest BCUT2D eigenvalue weighted by Crippen LogP contribution is -2.18. The maximum atomic E-state index is 10.6. The van der Waals surface area contributed by atoms with E-state index < -0.39 is 0 Å². The van der Waals surface area contributed by atoms with E-state index in [0.29, 0.717) is 6.61 Å². The van der Waals surface area contributed by atoms with Gasteiger partial charge in [0, 0.05) is 26.9 Å². The third kappa shape index (κ3) is 7.63. The highest BCUT2D eigenvalue weighted by Crippen LogP contribution is 1.97. The number of rotatable bonds is 5. The Morgan fingerprint density at radius 3 is 1.88 bits per heavy atom. The van der Waals surface area contributed by atoms with Gasteiger partial charge in [-0.15, -0.1) is 0 Å². The largest absolute Gasteiger partial charge is 0.379 e. The Balaban J connectivity index is 0.000000304. The summed E-state index contributed by atoms with van der Waals surface area (Å²) in [5.74, 6) is 0.121. The molecule has 0 spiro atoms. The highest BCUT2D eigenvalue weighted by atomic mass is 16.7. The molecule has 0 amide bonds. The Bertz CT molecular complexity index is 294. The Morgan fingerprint density at radius 1 is 1.12 bits per heavy atom. The second-order valence-electron chi connectivity index (χ2n) is 3.28. The summed E-state index contributed by atoms with van der Waals surface area (Å²) in [4.78, 5) is 10.6. The predicted octanol–water partition coefficient (Wildman–Crippen LogP) is 2.14. The summed E-state index contributed by atoms with van der Waals surface area (Å²) in [6, 6.07) is 9.23. The van der Waals surface area contributed by atoms with Crippen molar-refractivity contribution in [3.8, 4) is 0 Å². The molecule has 0 heterocycles. The molecule has 17 heavy (non-hydrogen) atoms. The number of ketones is 1. The van der Waals surface area contributed by atoms with Crippen LogP contribution in [-0.4, -0.2) is 40.0 Å². The highest BCUT2D eigenvalue weighted by Gasteiger charge is 2.00. The second-order valence-corrected chi connectivity index (χ2v) is 3.28. The summed E-state index contributed by atoms with van der Waals surface area (Å²) in [6.45, 7) is 2.04.